The van der Waals surface area contributed by atoms with E-state index in [0.29, 0.717) is 36.3 Å². The lowest BCUT2D eigenvalue weighted by atomic mass is 9.98. The molecule has 0 atom stereocenters. The summed E-state index contributed by atoms with van der Waals surface area (Å²) in [4.78, 5) is 38.5. The zero-order chi connectivity index (χ0) is 25.9. The van der Waals surface area contributed by atoms with Crippen LogP contribution in [0.5, 0.6) is 0 Å². The number of rotatable bonds is 7. The van der Waals surface area contributed by atoms with Crippen LogP contribution in [0.3, 0.4) is 0 Å². The Morgan fingerprint density at radius 2 is 1.92 bits per heavy atom. The lowest BCUT2D eigenvalue weighted by Crippen LogP contribution is -2.36. The minimum absolute atomic E-state index is 0.00319. The van der Waals surface area contributed by atoms with Gasteiger partial charge in [-0.3, -0.25) is 14.2 Å². The van der Waals surface area contributed by atoms with Crippen LogP contribution in [0.4, 0.5) is 8.78 Å². The molecule has 11 heteroatoms. The van der Waals surface area contributed by atoms with Gasteiger partial charge in [-0.2, -0.15) is 5.10 Å². The molecule has 0 spiro atoms. The molecular formula is C26H25F2N7O2. The van der Waals surface area contributed by atoms with Gasteiger partial charge >= 0.3 is 0 Å². The van der Waals surface area contributed by atoms with Gasteiger partial charge in [-0.1, -0.05) is 12.1 Å². The van der Waals surface area contributed by atoms with Crippen molar-refractivity contribution >= 4 is 16.9 Å². The molecular weight excluding hydrogens is 480 g/mol. The van der Waals surface area contributed by atoms with E-state index in [-0.39, 0.29) is 28.6 Å². The fourth-order valence-electron chi connectivity index (χ4n) is 4.65. The van der Waals surface area contributed by atoms with Crippen molar-refractivity contribution in [3.63, 3.8) is 0 Å². The number of hydrogen-bond donors (Lipinski definition) is 1. The predicted octanol–water partition coefficient (Wildman–Crippen LogP) is 3.74. The van der Waals surface area contributed by atoms with Crippen molar-refractivity contribution < 1.29 is 13.6 Å². The first kappa shape index (κ1) is 23.4. The number of benzene rings is 1. The third-order valence-electron chi connectivity index (χ3n) is 7.07. The molecule has 3 heterocycles. The van der Waals surface area contributed by atoms with E-state index < -0.39 is 28.6 Å². The monoisotopic (exact) mass is 505 g/mol. The summed E-state index contributed by atoms with van der Waals surface area (Å²) in [6.07, 6.45) is 8.78. The molecule has 2 aliphatic carbocycles. The fraction of sp³-hybridized carbons (Fsp3) is 0.385. The average Bonchev–Trinajstić information content (AvgIpc) is 3.80. The highest BCUT2D eigenvalue weighted by molar-refractivity contribution is 5.93. The third-order valence-corrected chi connectivity index (χ3v) is 7.07. The van der Waals surface area contributed by atoms with Crippen LogP contribution in [-0.2, 0) is 12.1 Å². The molecule has 6 rings (SSSR count). The van der Waals surface area contributed by atoms with Gasteiger partial charge in [-0.15, -0.1) is 0 Å². The summed E-state index contributed by atoms with van der Waals surface area (Å²) in [5.74, 6) is -2.48. The summed E-state index contributed by atoms with van der Waals surface area (Å²) >= 11 is 0. The lowest BCUT2D eigenvalue weighted by Gasteiger charge is -2.19. The van der Waals surface area contributed by atoms with Gasteiger partial charge in [0.25, 0.3) is 11.5 Å². The van der Waals surface area contributed by atoms with Crippen LogP contribution >= 0.6 is 0 Å². The maximum Gasteiger partial charge on any atom is 0.289 e. The molecule has 190 valence electrons. The van der Waals surface area contributed by atoms with Gasteiger partial charge < -0.3 is 5.32 Å². The molecule has 4 aromatic rings. The smallest absolute Gasteiger partial charge is 0.289 e. The molecule has 9 nitrogen and oxygen atoms in total. The highest BCUT2D eigenvalue weighted by Crippen LogP contribution is 2.47. The summed E-state index contributed by atoms with van der Waals surface area (Å²) in [6, 6.07) is 2.84. The molecule has 2 saturated carbocycles. The zero-order valence-corrected chi connectivity index (χ0v) is 20.4. The maximum absolute atomic E-state index is 15.4. The maximum atomic E-state index is 15.4. The van der Waals surface area contributed by atoms with Crippen LogP contribution in [0.2, 0.25) is 0 Å². The van der Waals surface area contributed by atoms with Crippen LogP contribution in [0.15, 0.2) is 41.8 Å². The molecule has 1 amide bonds. The Kier molecular flexibility index (Phi) is 5.39. The molecule has 2 fully saturated rings. The summed E-state index contributed by atoms with van der Waals surface area (Å²) < 4.78 is 33.8. The number of carbonyl (C=O) groups is 1. The summed E-state index contributed by atoms with van der Waals surface area (Å²) in [7, 11) is 0. The standard InChI is InChI=1S/C26H25F2N7O2/c1-14(2)35-23-16(10-31-35)9-30-22(32-23)24(36)33-26(7-8-26)19-6-5-17(20(27)21(19)28)18-11-29-13-34(25(18)37)12-15-3-4-15/h5-6,9-11,13-15H,3-4,7-8,12H2,1-2H3,(H,33,36). The van der Waals surface area contributed by atoms with Crippen LogP contribution in [0.1, 0.15) is 61.8 Å². The highest BCUT2D eigenvalue weighted by Gasteiger charge is 2.48. The second-order valence-electron chi connectivity index (χ2n) is 10.2. The Labute approximate surface area is 210 Å². The number of aromatic nitrogens is 6. The third kappa shape index (κ3) is 4.08. The van der Waals surface area contributed by atoms with E-state index in [1.165, 1.54) is 35.4 Å². The number of nitrogens with one attached hydrogen (secondary N) is 1. The van der Waals surface area contributed by atoms with Crippen molar-refractivity contribution in [1.82, 2.24) is 34.6 Å². The molecule has 3 aromatic heterocycles. The van der Waals surface area contributed by atoms with Crippen molar-refractivity contribution in [2.45, 2.75) is 57.7 Å². The Hall–Kier alpha value is -4.02. The van der Waals surface area contributed by atoms with E-state index >= 15 is 8.78 Å². The normalized spacial score (nSPS) is 16.4. The Morgan fingerprint density at radius 3 is 2.62 bits per heavy atom. The van der Waals surface area contributed by atoms with Gasteiger partial charge in [-0.05, 0) is 45.4 Å². The number of carbonyl (C=O) groups excluding carboxylic acids is 1. The number of amides is 1. The van der Waals surface area contributed by atoms with Crippen LogP contribution in [0, 0.1) is 17.6 Å². The number of fused-ring (bicyclic) bond motifs is 1. The number of nitrogens with zero attached hydrogens (tertiary/aromatic N) is 6. The number of hydrogen-bond acceptors (Lipinski definition) is 6. The van der Waals surface area contributed by atoms with Crippen molar-refractivity contribution in [2.24, 2.45) is 5.92 Å². The fourth-order valence-corrected chi connectivity index (χ4v) is 4.65. The van der Waals surface area contributed by atoms with Crippen molar-refractivity contribution in [2.75, 3.05) is 0 Å². The summed E-state index contributed by atoms with van der Waals surface area (Å²) in [5, 5.41) is 7.78. The van der Waals surface area contributed by atoms with Crippen molar-refractivity contribution in [1.29, 1.82) is 0 Å². The molecule has 0 radical (unpaired) electrons. The van der Waals surface area contributed by atoms with Crippen molar-refractivity contribution in [3.8, 4) is 11.1 Å². The molecule has 0 saturated heterocycles. The Balaban J connectivity index is 1.29. The van der Waals surface area contributed by atoms with Crippen molar-refractivity contribution in [3.05, 3.63) is 70.4 Å². The quantitative estimate of drug-likeness (QED) is 0.410. The van der Waals surface area contributed by atoms with Gasteiger partial charge in [0.1, 0.15) is 0 Å². The first-order chi connectivity index (χ1) is 17.8. The van der Waals surface area contributed by atoms with Crippen LogP contribution < -0.4 is 10.9 Å². The van der Waals surface area contributed by atoms with E-state index in [1.807, 2.05) is 13.8 Å². The first-order valence-corrected chi connectivity index (χ1v) is 12.3. The minimum Gasteiger partial charge on any atom is -0.340 e. The molecule has 2 aliphatic rings. The van der Waals surface area contributed by atoms with Gasteiger partial charge in [0.15, 0.2) is 17.3 Å². The summed E-state index contributed by atoms with van der Waals surface area (Å²) in [5.41, 5.74) is -1.08. The SMILES string of the molecule is CC(C)n1ncc2cnc(C(=O)NC3(c4ccc(-c5cncn(CC6CC6)c5=O)c(F)c4F)CC3)nc21. The zero-order valence-electron chi connectivity index (χ0n) is 20.4. The Bertz CT molecular complexity index is 1600. The van der Waals surface area contributed by atoms with E-state index in [4.69, 9.17) is 0 Å². The molecule has 0 aliphatic heterocycles. The Morgan fingerprint density at radius 1 is 1.14 bits per heavy atom. The van der Waals surface area contributed by atoms with Gasteiger partial charge in [-0.25, -0.2) is 28.4 Å². The molecule has 1 N–H and O–H groups in total. The van der Waals surface area contributed by atoms with Gasteiger partial charge in [0.05, 0.1) is 29.0 Å². The van der Waals surface area contributed by atoms with Crippen LogP contribution in [-0.4, -0.2) is 35.2 Å². The predicted molar refractivity (Wildman–Crippen MR) is 131 cm³/mol. The number of halogens is 2. The minimum atomic E-state index is -1.14. The molecule has 0 bridgehead atoms. The summed E-state index contributed by atoms with van der Waals surface area (Å²) in [6.45, 7) is 4.41. The van der Waals surface area contributed by atoms with Gasteiger partial charge in [0, 0.05) is 36.1 Å². The second kappa shape index (κ2) is 8.53. The molecule has 1 aromatic carbocycles. The average molecular weight is 506 g/mol. The van der Waals surface area contributed by atoms with E-state index in [1.54, 1.807) is 10.9 Å². The highest BCUT2D eigenvalue weighted by atomic mass is 19.2. The van der Waals surface area contributed by atoms with E-state index in [2.05, 4.69) is 25.4 Å². The van der Waals surface area contributed by atoms with Crippen LogP contribution in [0.25, 0.3) is 22.2 Å². The topological polar surface area (TPSA) is 108 Å². The lowest BCUT2D eigenvalue weighted by molar-refractivity contribution is 0.0919. The van der Waals surface area contributed by atoms with E-state index in [0.717, 1.165) is 12.8 Å². The first-order valence-electron chi connectivity index (χ1n) is 12.3. The molecule has 37 heavy (non-hydrogen) atoms. The van der Waals surface area contributed by atoms with E-state index in [9.17, 15) is 9.59 Å². The second-order valence-corrected chi connectivity index (χ2v) is 10.2. The van der Waals surface area contributed by atoms with Gasteiger partial charge in [0.2, 0.25) is 5.82 Å². The molecule has 0 unspecified atom stereocenters. The largest absolute Gasteiger partial charge is 0.340 e.